The van der Waals surface area contributed by atoms with Gasteiger partial charge in [0.25, 0.3) is 5.91 Å². The van der Waals surface area contributed by atoms with Gasteiger partial charge in [0.15, 0.2) is 0 Å². The molecule has 1 aromatic heterocycles. The second-order valence-electron chi connectivity index (χ2n) is 4.05. The van der Waals surface area contributed by atoms with E-state index in [9.17, 15) is 9.18 Å². The molecule has 19 heavy (non-hydrogen) atoms. The summed E-state index contributed by atoms with van der Waals surface area (Å²) in [6.07, 6.45) is 1.88. The van der Waals surface area contributed by atoms with E-state index in [1.165, 1.54) is 32.6 Å². The number of hydroxylamine groups is 2. The van der Waals surface area contributed by atoms with E-state index in [2.05, 4.69) is 0 Å². The van der Waals surface area contributed by atoms with E-state index in [-0.39, 0.29) is 11.7 Å². The van der Waals surface area contributed by atoms with Crippen molar-refractivity contribution in [1.82, 2.24) is 5.06 Å². The first-order valence-electron chi connectivity index (χ1n) is 5.75. The van der Waals surface area contributed by atoms with E-state index in [1.807, 2.05) is 0 Å². The molecule has 0 spiro atoms. The summed E-state index contributed by atoms with van der Waals surface area (Å²) in [5.41, 5.74) is 1.30. The van der Waals surface area contributed by atoms with Crippen molar-refractivity contribution < 1.29 is 18.4 Å². The second-order valence-corrected chi connectivity index (χ2v) is 4.05. The molecule has 100 valence electrons. The van der Waals surface area contributed by atoms with Crippen LogP contribution in [0.2, 0.25) is 0 Å². The van der Waals surface area contributed by atoms with Crippen LogP contribution < -0.4 is 0 Å². The molecule has 5 heteroatoms. The summed E-state index contributed by atoms with van der Waals surface area (Å²) in [6, 6.07) is 7.66. The van der Waals surface area contributed by atoms with Gasteiger partial charge >= 0.3 is 0 Å². The molecule has 0 radical (unpaired) electrons. The minimum absolute atomic E-state index is 0.284. The van der Waals surface area contributed by atoms with Gasteiger partial charge < -0.3 is 4.42 Å². The van der Waals surface area contributed by atoms with Crippen LogP contribution in [-0.2, 0) is 11.3 Å². The first-order valence-corrected chi connectivity index (χ1v) is 5.75. The summed E-state index contributed by atoms with van der Waals surface area (Å²) in [7, 11) is 2.94. The molecular weight excluding hydrogens is 249 g/mol. The molecule has 1 heterocycles. The minimum Gasteiger partial charge on any atom is -0.468 e. The fraction of sp³-hybridized carbons (Fsp3) is 0.214. The van der Waals surface area contributed by atoms with Crippen molar-refractivity contribution in [2.24, 2.45) is 0 Å². The lowest BCUT2D eigenvalue weighted by atomic mass is 10.1. The number of benzene rings is 1. The van der Waals surface area contributed by atoms with Gasteiger partial charge in [0.05, 0.1) is 18.9 Å². The Kier molecular flexibility index (Phi) is 3.97. The maximum atomic E-state index is 12.8. The Bertz CT molecular complexity index is 562. The van der Waals surface area contributed by atoms with Crippen LogP contribution in [0.4, 0.5) is 4.39 Å². The van der Waals surface area contributed by atoms with Gasteiger partial charge in [0.2, 0.25) is 0 Å². The zero-order valence-electron chi connectivity index (χ0n) is 10.7. The molecule has 0 saturated carbocycles. The molecule has 0 unspecified atom stereocenters. The van der Waals surface area contributed by atoms with Crippen LogP contribution in [0.3, 0.4) is 0 Å². The van der Waals surface area contributed by atoms with E-state index in [1.54, 1.807) is 18.2 Å². The van der Waals surface area contributed by atoms with E-state index >= 15 is 0 Å². The van der Waals surface area contributed by atoms with Crippen molar-refractivity contribution in [3.63, 3.8) is 0 Å². The summed E-state index contributed by atoms with van der Waals surface area (Å²) >= 11 is 0. The number of halogens is 1. The van der Waals surface area contributed by atoms with Gasteiger partial charge in [-0.1, -0.05) is 12.1 Å². The van der Waals surface area contributed by atoms with Crippen molar-refractivity contribution in [1.29, 1.82) is 0 Å². The van der Waals surface area contributed by atoms with E-state index in [0.29, 0.717) is 17.7 Å². The van der Waals surface area contributed by atoms with Gasteiger partial charge in [0, 0.05) is 13.5 Å². The number of hydrogen-bond acceptors (Lipinski definition) is 3. The van der Waals surface area contributed by atoms with Crippen molar-refractivity contribution in [3.05, 3.63) is 59.3 Å². The highest BCUT2D eigenvalue weighted by Gasteiger charge is 2.18. The third-order valence-corrected chi connectivity index (χ3v) is 2.81. The molecule has 4 nitrogen and oxygen atoms in total. The predicted molar refractivity (Wildman–Crippen MR) is 67.0 cm³/mol. The fourth-order valence-corrected chi connectivity index (χ4v) is 1.71. The fourth-order valence-electron chi connectivity index (χ4n) is 1.71. The third-order valence-electron chi connectivity index (χ3n) is 2.81. The first-order chi connectivity index (χ1) is 9.11. The lowest BCUT2D eigenvalue weighted by molar-refractivity contribution is -0.0758. The average Bonchev–Trinajstić information content (AvgIpc) is 2.87. The highest BCUT2D eigenvalue weighted by Crippen LogP contribution is 2.17. The number of nitrogens with zero attached hydrogens (tertiary/aromatic N) is 1. The highest BCUT2D eigenvalue weighted by atomic mass is 19.1. The molecule has 0 atom stereocenters. The number of rotatable bonds is 4. The lowest BCUT2D eigenvalue weighted by Gasteiger charge is -2.13. The molecule has 0 bridgehead atoms. The lowest BCUT2D eigenvalue weighted by Crippen LogP contribution is -2.25. The first kappa shape index (κ1) is 13.3. The van der Waals surface area contributed by atoms with Gasteiger partial charge in [-0.3, -0.25) is 9.63 Å². The Morgan fingerprint density at radius 3 is 2.63 bits per heavy atom. The average molecular weight is 263 g/mol. The Balaban J connectivity index is 2.20. The Hall–Kier alpha value is -2.14. The van der Waals surface area contributed by atoms with Crippen LogP contribution in [0.1, 0.15) is 21.7 Å². The molecular formula is C14H14FNO3. The number of carbonyl (C=O) groups excluding carboxylic acids is 1. The zero-order valence-corrected chi connectivity index (χ0v) is 10.7. The smallest absolute Gasteiger partial charge is 0.280 e. The van der Waals surface area contributed by atoms with Gasteiger partial charge in [-0.05, 0) is 23.8 Å². The molecule has 0 aliphatic carbocycles. The van der Waals surface area contributed by atoms with Crippen LogP contribution in [0.15, 0.2) is 41.0 Å². The van der Waals surface area contributed by atoms with Gasteiger partial charge in [-0.2, -0.15) is 0 Å². The van der Waals surface area contributed by atoms with Crippen LogP contribution in [0.25, 0.3) is 0 Å². The maximum absolute atomic E-state index is 12.8. The minimum atomic E-state index is -0.293. The second kappa shape index (κ2) is 5.67. The Labute approximate surface area is 110 Å². The number of amides is 1. The summed E-state index contributed by atoms with van der Waals surface area (Å²) in [4.78, 5) is 16.8. The maximum Gasteiger partial charge on any atom is 0.280 e. The van der Waals surface area contributed by atoms with Crippen LogP contribution in [0, 0.1) is 5.82 Å². The summed E-state index contributed by atoms with van der Waals surface area (Å²) in [5.74, 6) is -0.0486. The largest absolute Gasteiger partial charge is 0.468 e. The normalized spacial score (nSPS) is 10.5. The van der Waals surface area contributed by atoms with Crippen LogP contribution in [-0.4, -0.2) is 25.1 Å². The zero-order chi connectivity index (χ0) is 13.8. The summed E-state index contributed by atoms with van der Waals surface area (Å²) in [5, 5.41) is 1.12. The summed E-state index contributed by atoms with van der Waals surface area (Å²) < 4.78 is 18.1. The topological polar surface area (TPSA) is 42.7 Å². The molecule has 2 rings (SSSR count). The molecule has 0 N–H and O–H groups in total. The van der Waals surface area contributed by atoms with Gasteiger partial charge in [-0.25, -0.2) is 9.45 Å². The molecule has 1 aromatic carbocycles. The molecule has 0 fully saturated rings. The SMILES string of the molecule is CON(C)C(=O)c1ccoc1Cc1ccc(F)cc1. The highest BCUT2D eigenvalue weighted by molar-refractivity contribution is 5.94. The predicted octanol–water partition coefficient (Wildman–Crippen LogP) is 2.64. The molecule has 0 saturated heterocycles. The molecule has 2 aromatic rings. The molecule has 0 aliphatic heterocycles. The number of hydrogen-bond donors (Lipinski definition) is 0. The number of carbonyl (C=O) groups is 1. The summed E-state index contributed by atoms with van der Waals surface area (Å²) in [6.45, 7) is 0. The van der Waals surface area contributed by atoms with Crippen molar-refractivity contribution in [2.75, 3.05) is 14.2 Å². The van der Waals surface area contributed by atoms with Gasteiger partial charge in [0.1, 0.15) is 11.6 Å². The van der Waals surface area contributed by atoms with E-state index in [4.69, 9.17) is 9.25 Å². The molecule has 1 amide bonds. The quantitative estimate of drug-likeness (QED) is 0.796. The van der Waals surface area contributed by atoms with Crippen LogP contribution in [0.5, 0.6) is 0 Å². The number of furan rings is 1. The Morgan fingerprint density at radius 1 is 1.32 bits per heavy atom. The van der Waals surface area contributed by atoms with Gasteiger partial charge in [-0.15, -0.1) is 0 Å². The van der Waals surface area contributed by atoms with E-state index in [0.717, 1.165) is 10.6 Å². The third kappa shape index (κ3) is 3.00. The van der Waals surface area contributed by atoms with Crippen molar-refractivity contribution in [2.45, 2.75) is 6.42 Å². The Morgan fingerprint density at radius 2 is 2.00 bits per heavy atom. The van der Waals surface area contributed by atoms with Crippen molar-refractivity contribution in [3.8, 4) is 0 Å². The standard InChI is InChI=1S/C14H14FNO3/c1-16(18-2)14(17)12-7-8-19-13(12)9-10-3-5-11(15)6-4-10/h3-8H,9H2,1-2H3. The van der Waals surface area contributed by atoms with Crippen molar-refractivity contribution >= 4 is 5.91 Å². The van der Waals surface area contributed by atoms with E-state index < -0.39 is 0 Å². The van der Waals surface area contributed by atoms with Crippen LogP contribution >= 0.6 is 0 Å². The monoisotopic (exact) mass is 263 g/mol. The molecule has 0 aliphatic rings.